The first kappa shape index (κ1) is 8.67. The molecule has 0 spiro atoms. The smallest absolute Gasteiger partial charge is 0.172 e. The lowest BCUT2D eigenvalue weighted by atomic mass is 10.3. The van der Waals surface area contributed by atoms with E-state index in [2.05, 4.69) is 15.0 Å². The molecular formula is C10H12N4O. The molecule has 78 valence electrons. The van der Waals surface area contributed by atoms with E-state index >= 15 is 0 Å². The van der Waals surface area contributed by atoms with Crippen molar-refractivity contribution in [2.45, 2.75) is 12.5 Å². The number of aromatic nitrogens is 2. The zero-order valence-corrected chi connectivity index (χ0v) is 8.26. The second kappa shape index (κ2) is 3.20. The monoisotopic (exact) mass is 204 g/mol. The first-order valence-electron chi connectivity index (χ1n) is 5.04. The van der Waals surface area contributed by atoms with Crippen molar-refractivity contribution in [3.05, 3.63) is 18.5 Å². The van der Waals surface area contributed by atoms with Gasteiger partial charge < -0.3 is 15.2 Å². The third-order valence-electron chi connectivity index (χ3n) is 2.77. The van der Waals surface area contributed by atoms with Crippen LogP contribution in [0.25, 0.3) is 11.0 Å². The summed E-state index contributed by atoms with van der Waals surface area (Å²) < 4.78 is 5.10. The van der Waals surface area contributed by atoms with Crippen LogP contribution in [0.3, 0.4) is 0 Å². The molecule has 15 heavy (non-hydrogen) atoms. The van der Waals surface area contributed by atoms with Crippen molar-refractivity contribution in [1.29, 1.82) is 0 Å². The molecule has 1 unspecified atom stereocenters. The van der Waals surface area contributed by atoms with Crippen molar-refractivity contribution in [1.82, 2.24) is 10.1 Å². The fraction of sp³-hybridized carbons (Fsp3) is 0.400. The molecule has 0 aromatic carbocycles. The van der Waals surface area contributed by atoms with E-state index in [0.29, 0.717) is 0 Å². The highest BCUT2D eigenvalue weighted by Crippen LogP contribution is 2.21. The molecule has 2 aromatic rings. The SMILES string of the molecule is NC1CCN(c2cc3oncc3cn2)C1. The summed E-state index contributed by atoms with van der Waals surface area (Å²) in [5.41, 5.74) is 6.63. The molecule has 5 nitrogen and oxygen atoms in total. The second-order valence-corrected chi connectivity index (χ2v) is 3.90. The van der Waals surface area contributed by atoms with Crippen molar-refractivity contribution in [3.63, 3.8) is 0 Å². The molecule has 0 aliphatic carbocycles. The predicted molar refractivity (Wildman–Crippen MR) is 56.6 cm³/mol. The molecular weight excluding hydrogens is 192 g/mol. The Balaban J connectivity index is 1.97. The predicted octanol–water partition coefficient (Wildman–Crippen LogP) is 0.760. The van der Waals surface area contributed by atoms with Crippen LogP contribution in [0.1, 0.15) is 6.42 Å². The minimum Gasteiger partial charge on any atom is -0.356 e. The molecule has 0 saturated carbocycles. The average molecular weight is 204 g/mol. The van der Waals surface area contributed by atoms with Gasteiger partial charge in [0.15, 0.2) is 5.58 Å². The van der Waals surface area contributed by atoms with Crippen molar-refractivity contribution in [3.8, 4) is 0 Å². The van der Waals surface area contributed by atoms with E-state index in [9.17, 15) is 0 Å². The maximum Gasteiger partial charge on any atom is 0.172 e. The van der Waals surface area contributed by atoms with Gasteiger partial charge in [-0.3, -0.25) is 0 Å². The normalized spacial score (nSPS) is 21.4. The van der Waals surface area contributed by atoms with Crippen molar-refractivity contribution < 1.29 is 4.52 Å². The molecule has 1 fully saturated rings. The number of nitrogens with zero attached hydrogens (tertiary/aromatic N) is 3. The van der Waals surface area contributed by atoms with Gasteiger partial charge in [0.1, 0.15) is 5.82 Å². The fourth-order valence-electron chi connectivity index (χ4n) is 1.92. The Morgan fingerprint density at radius 2 is 2.40 bits per heavy atom. The zero-order valence-electron chi connectivity index (χ0n) is 8.26. The molecule has 1 aliphatic heterocycles. The fourth-order valence-corrected chi connectivity index (χ4v) is 1.92. The van der Waals surface area contributed by atoms with E-state index in [-0.39, 0.29) is 6.04 Å². The molecule has 2 aromatic heterocycles. The first-order chi connectivity index (χ1) is 7.33. The molecule has 0 radical (unpaired) electrons. The molecule has 2 N–H and O–H groups in total. The summed E-state index contributed by atoms with van der Waals surface area (Å²) in [6.45, 7) is 1.83. The number of nitrogens with two attached hydrogens (primary N) is 1. The van der Waals surface area contributed by atoms with Gasteiger partial charge in [-0.05, 0) is 6.42 Å². The highest BCUT2D eigenvalue weighted by molar-refractivity contribution is 5.77. The van der Waals surface area contributed by atoms with Crippen LogP contribution in [-0.4, -0.2) is 29.3 Å². The number of anilines is 1. The second-order valence-electron chi connectivity index (χ2n) is 3.90. The maximum absolute atomic E-state index is 5.85. The van der Waals surface area contributed by atoms with Crippen LogP contribution in [0.15, 0.2) is 23.0 Å². The van der Waals surface area contributed by atoms with Gasteiger partial charge in [0.2, 0.25) is 0 Å². The van der Waals surface area contributed by atoms with E-state index < -0.39 is 0 Å². The topological polar surface area (TPSA) is 68.2 Å². The maximum atomic E-state index is 5.85. The third kappa shape index (κ3) is 1.45. The van der Waals surface area contributed by atoms with Gasteiger partial charge in [0.25, 0.3) is 0 Å². The Hall–Kier alpha value is -1.62. The standard InChI is InChI=1S/C10H12N4O/c11-8-1-2-14(6-8)10-3-9-7(4-12-10)5-13-15-9/h3-5,8H,1-2,6,11H2. The first-order valence-corrected chi connectivity index (χ1v) is 5.04. The summed E-state index contributed by atoms with van der Waals surface area (Å²) >= 11 is 0. The van der Waals surface area contributed by atoms with Crippen molar-refractivity contribution >= 4 is 16.8 Å². The zero-order chi connectivity index (χ0) is 10.3. The van der Waals surface area contributed by atoms with Gasteiger partial charge in [0, 0.05) is 31.4 Å². The van der Waals surface area contributed by atoms with E-state index in [1.807, 2.05) is 6.07 Å². The highest BCUT2D eigenvalue weighted by Gasteiger charge is 2.20. The summed E-state index contributed by atoms with van der Waals surface area (Å²) in [5, 5.41) is 4.66. The third-order valence-corrected chi connectivity index (χ3v) is 2.77. The van der Waals surface area contributed by atoms with Gasteiger partial charge in [-0.25, -0.2) is 4.98 Å². The lowest BCUT2D eigenvalue weighted by Gasteiger charge is -2.15. The molecule has 0 amide bonds. The minimum atomic E-state index is 0.261. The van der Waals surface area contributed by atoms with Crippen LogP contribution in [0.5, 0.6) is 0 Å². The summed E-state index contributed by atoms with van der Waals surface area (Å²) in [4.78, 5) is 6.54. The van der Waals surface area contributed by atoms with Crippen LogP contribution >= 0.6 is 0 Å². The molecule has 1 saturated heterocycles. The van der Waals surface area contributed by atoms with Gasteiger partial charge in [-0.2, -0.15) is 0 Å². The number of hydrogen-bond donors (Lipinski definition) is 1. The Labute approximate surface area is 86.9 Å². The number of rotatable bonds is 1. The largest absolute Gasteiger partial charge is 0.356 e. The van der Waals surface area contributed by atoms with Gasteiger partial charge >= 0.3 is 0 Å². The molecule has 1 aliphatic rings. The number of fused-ring (bicyclic) bond motifs is 1. The highest BCUT2D eigenvalue weighted by atomic mass is 16.5. The van der Waals surface area contributed by atoms with E-state index in [0.717, 1.165) is 36.3 Å². The van der Waals surface area contributed by atoms with Crippen LogP contribution < -0.4 is 10.6 Å². The van der Waals surface area contributed by atoms with E-state index in [1.54, 1.807) is 12.4 Å². The lowest BCUT2D eigenvalue weighted by Crippen LogP contribution is -2.26. The van der Waals surface area contributed by atoms with Gasteiger partial charge in [-0.1, -0.05) is 5.16 Å². The quantitative estimate of drug-likeness (QED) is 0.742. The summed E-state index contributed by atoms with van der Waals surface area (Å²) in [6.07, 6.45) is 4.48. The van der Waals surface area contributed by atoms with Crippen LogP contribution in [-0.2, 0) is 0 Å². The Morgan fingerprint density at radius 3 is 3.20 bits per heavy atom. The lowest BCUT2D eigenvalue weighted by molar-refractivity contribution is 0.456. The molecule has 3 rings (SSSR count). The Bertz CT molecular complexity index is 481. The molecule has 3 heterocycles. The summed E-state index contributed by atoms with van der Waals surface area (Å²) in [7, 11) is 0. The number of hydrogen-bond acceptors (Lipinski definition) is 5. The average Bonchev–Trinajstić information content (AvgIpc) is 2.84. The molecule has 5 heteroatoms. The molecule has 0 bridgehead atoms. The Kier molecular flexibility index (Phi) is 1.85. The van der Waals surface area contributed by atoms with E-state index in [4.69, 9.17) is 10.3 Å². The van der Waals surface area contributed by atoms with Crippen molar-refractivity contribution in [2.24, 2.45) is 5.73 Å². The van der Waals surface area contributed by atoms with Crippen LogP contribution in [0, 0.1) is 0 Å². The molecule has 1 atom stereocenters. The summed E-state index contributed by atoms with van der Waals surface area (Å²) in [6, 6.07) is 2.18. The van der Waals surface area contributed by atoms with Crippen molar-refractivity contribution in [2.75, 3.05) is 18.0 Å². The van der Waals surface area contributed by atoms with Crippen LogP contribution in [0.2, 0.25) is 0 Å². The van der Waals surface area contributed by atoms with Gasteiger partial charge in [-0.15, -0.1) is 0 Å². The Morgan fingerprint density at radius 1 is 1.47 bits per heavy atom. The van der Waals surface area contributed by atoms with Gasteiger partial charge in [0.05, 0.1) is 11.6 Å². The minimum absolute atomic E-state index is 0.261. The van der Waals surface area contributed by atoms with Crippen LogP contribution in [0.4, 0.5) is 5.82 Å². The number of pyridine rings is 1. The summed E-state index contributed by atoms with van der Waals surface area (Å²) in [5.74, 6) is 0.923. The van der Waals surface area contributed by atoms with E-state index in [1.165, 1.54) is 0 Å².